The summed E-state index contributed by atoms with van der Waals surface area (Å²) in [7, 11) is 0. The summed E-state index contributed by atoms with van der Waals surface area (Å²) in [4.78, 5) is 12.9. The molecule has 0 atom stereocenters. The molecular formula is C18H19N9. The fraction of sp³-hybridized carbons (Fsp3) is 0.333. The second-order valence-corrected chi connectivity index (χ2v) is 6.57. The minimum absolute atomic E-state index is 0.0855. The van der Waals surface area contributed by atoms with Gasteiger partial charge in [-0.3, -0.25) is 10.0 Å². The van der Waals surface area contributed by atoms with Gasteiger partial charge in [0.05, 0.1) is 35.6 Å². The monoisotopic (exact) mass is 361 g/mol. The van der Waals surface area contributed by atoms with E-state index in [2.05, 4.69) is 36.2 Å². The van der Waals surface area contributed by atoms with E-state index in [1.54, 1.807) is 24.4 Å². The maximum atomic E-state index is 9.06. The van der Waals surface area contributed by atoms with Crippen molar-refractivity contribution in [3.8, 4) is 6.07 Å². The van der Waals surface area contributed by atoms with Gasteiger partial charge in [0.15, 0.2) is 0 Å². The number of rotatable bonds is 5. The van der Waals surface area contributed by atoms with Crippen molar-refractivity contribution in [1.82, 2.24) is 15.0 Å². The summed E-state index contributed by atoms with van der Waals surface area (Å²) in [5.41, 5.74) is 8.81. The molecule has 9 heteroatoms. The number of nitriles is 1. The van der Waals surface area contributed by atoms with Crippen LogP contribution in [-0.2, 0) is 0 Å². The molecular weight excluding hydrogens is 342 g/mol. The van der Waals surface area contributed by atoms with E-state index in [-0.39, 0.29) is 5.95 Å². The van der Waals surface area contributed by atoms with E-state index >= 15 is 0 Å². The smallest absolute Gasteiger partial charge is 0.221 e. The summed E-state index contributed by atoms with van der Waals surface area (Å²) in [6.45, 7) is 1.47. The van der Waals surface area contributed by atoms with Gasteiger partial charge in [0.25, 0.3) is 0 Å². The van der Waals surface area contributed by atoms with Crippen LogP contribution in [0.4, 0.5) is 5.95 Å². The second kappa shape index (κ2) is 6.99. The first-order valence-electron chi connectivity index (χ1n) is 8.76. The van der Waals surface area contributed by atoms with Crippen molar-refractivity contribution in [2.45, 2.75) is 25.3 Å². The number of aliphatic imine (C=N–C) groups is 1. The number of nitrogens with zero attached hydrogens (tertiary/aromatic N) is 7. The molecule has 4 rings (SSSR count). The molecule has 4 N–H and O–H groups in total. The van der Waals surface area contributed by atoms with E-state index in [1.165, 1.54) is 12.8 Å². The molecule has 0 radical (unpaired) electrons. The molecule has 0 unspecified atom stereocenters. The maximum absolute atomic E-state index is 9.06. The Morgan fingerprint density at radius 3 is 2.96 bits per heavy atom. The third-order valence-corrected chi connectivity index (χ3v) is 4.58. The van der Waals surface area contributed by atoms with Crippen LogP contribution < -0.4 is 11.6 Å². The highest BCUT2D eigenvalue weighted by Gasteiger charge is 2.30. The zero-order valence-corrected chi connectivity index (χ0v) is 14.7. The molecule has 1 aromatic carbocycles. The lowest BCUT2D eigenvalue weighted by atomic mass is 10.1. The Hall–Kier alpha value is -3.54. The SMILES string of the molecule is N#Cc1ccc2c(C(C=NCC3=NN(C4CC4)CC3)=NN)nc(N)nc2c1. The van der Waals surface area contributed by atoms with Crippen LogP contribution in [0.15, 0.2) is 33.4 Å². The first-order valence-corrected chi connectivity index (χ1v) is 8.76. The Morgan fingerprint density at radius 1 is 1.37 bits per heavy atom. The van der Waals surface area contributed by atoms with E-state index < -0.39 is 0 Å². The highest BCUT2D eigenvalue weighted by atomic mass is 15.5. The van der Waals surface area contributed by atoms with Gasteiger partial charge in [0.1, 0.15) is 11.4 Å². The van der Waals surface area contributed by atoms with E-state index in [1.807, 2.05) is 0 Å². The summed E-state index contributed by atoms with van der Waals surface area (Å²) >= 11 is 0. The Morgan fingerprint density at radius 2 is 2.22 bits per heavy atom. The Kier molecular flexibility index (Phi) is 4.38. The Labute approximate surface area is 156 Å². The molecule has 2 aliphatic rings. The van der Waals surface area contributed by atoms with Crippen molar-refractivity contribution < 1.29 is 0 Å². The number of benzene rings is 1. The summed E-state index contributed by atoms with van der Waals surface area (Å²) in [5.74, 6) is 5.66. The lowest BCUT2D eigenvalue weighted by Gasteiger charge is -2.10. The zero-order valence-electron chi connectivity index (χ0n) is 14.7. The van der Waals surface area contributed by atoms with Gasteiger partial charge in [-0.1, -0.05) is 0 Å². The highest BCUT2D eigenvalue weighted by molar-refractivity contribution is 6.40. The molecule has 27 heavy (non-hydrogen) atoms. The van der Waals surface area contributed by atoms with Gasteiger partial charge >= 0.3 is 0 Å². The number of hydrazone groups is 2. The topological polar surface area (TPSA) is 142 Å². The predicted molar refractivity (Wildman–Crippen MR) is 105 cm³/mol. The molecule has 1 aliphatic heterocycles. The number of nitrogens with two attached hydrogens (primary N) is 2. The molecule has 0 bridgehead atoms. The number of anilines is 1. The van der Waals surface area contributed by atoms with E-state index in [9.17, 15) is 0 Å². The standard InChI is InChI=1S/C18H19N9/c19-8-11-1-4-14-15(7-11)23-18(20)24-17(14)16(25-21)10-22-9-12-5-6-27(26-12)13-2-3-13/h1,4,7,10,13H,2-3,5-6,9,21H2,(H2,20,23,24). The largest absolute Gasteiger partial charge is 0.368 e. The van der Waals surface area contributed by atoms with Gasteiger partial charge in [-0.15, -0.1) is 0 Å². The quantitative estimate of drug-likeness (QED) is 0.463. The number of nitrogen functional groups attached to an aromatic ring is 1. The Bertz CT molecular complexity index is 1010. The van der Waals surface area contributed by atoms with E-state index in [0.717, 1.165) is 18.7 Å². The first-order chi connectivity index (χ1) is 13.2. The average Bonchev–Trinajstić information content (AvgIpc) is 3.43. The molecule has 1 aromatic heterocycles. The molecule has 136 valence electrons. The highest BCUT2D eigenvalue weighted by Crippen LogP contribution is 2.29. The molecule has 0 spiro atoms. The fourth-order valence-corrected chi connectivity index (χ4v) is 3.08. The van der Waals surface area contributed by atoms with Gasteiger partial charge in [-0.05, 0) is 31.0 Å². The zero-order chi connectivity index (χ0) is 18.8. The molecule has 0 amide bonds. The van der Waals surface area contributed by atoms with E-state index in [0.29, 0.717) is 40.5 Å². The van der Waals surface area contributed by atoms with Crippen molar-refractivity contribution in [2.75, 3.05) is 18.8 Å². The molecule has 0 saturated heterocycles. The number of aromatic nitrogens is 2. The van der Waals surface area contributed by atoms with Gasteiger partial charge < -0.3 is 11.6 Å². The number of hydrogen-bond acceptors (Lipinski definition) is 9. The van der Waals surface area contributed by atoms with Crippen LogP contribution >= 0.6 is 0 Å². The Balaban J connectivity index is 1.57. The molecule has 9 nitrogen and oxygen atoms in total. The van der Waals surface area contributed by atoms with Crippen molar-refractivity contribution in [3.63, 3.8) is 0 Å². The van der Waals surface area contributed by atoms with Crippen molar-refractivity contribution in [3.05, 3.63) is 29.5 Å². The third kappa shape index (κ3) is 3.55. The van der Waals surface area contributed by atoms with Crippen LogP contribution in [-0.4, -0.2) is 51.7 Å². The molecule has 1 saturated carbocycles. The maximum Gasteiger partial charge on any atom is 0.221 e. The van der Waals surface area contributed by atoms with Crippen LogP contribution in [0.1, 0.15) is 30.5 Å². The lowest BCUT2D eigenvalue weighted by Crippen LogP contribution is -2.15. The minimum Gasteiger partial charge on any atom is -0.368 e. The van der Waals surface area contributed by atoms with Crippen LogP contribution in [0, 0.1) is 11.3 Å². The molecule has 1 fully saturated rings. The van der Waals surface area contributed by atoms with Gasteiger partial charge in [-0.2, -0.15) is 15.5 Å². The summed E-state index contributed by atoms with van der Waals surface area (Å²) < 4.78 is 0. The normalized spacial score (nSPS) is 17.5. The van der Waals surface area contributed by atoms with E-state index in [4.69, 9.17) is 16.8 Å². The minimum atomic E-state index is 0.0855. The van der Waals surface area contributed by atoms with Gasteiger partial charge in [0.2, 0.25) is 5.95 Å². The second-order valence-electron chi connectivity index (χ2n) is 6.57. The van der Waals surface area contributed by atoms with Crippen LogP contribution in [0.25, 0.3) is 10.9 Å². The first kappa shape index (κ1) is 16.9. The summed E-state index contributed by atoms with van der Waals surface area (Å²) in [6, 6.07) is 7.81. The van der Waals surface area contributed by atoms with Gasteiger partial charge in [-0.25, -0.2) is 9.97 Å². The summed E-state index contributed by atoms with van der Waals surface area (Å²) in [5, 5.41) is 20.4. The number of hydrogen-bond donors (Lipinski definition) is 2. The van der Waals surface area contributed by atoms with Crippen molar-refractivity contribution >= 4 is 34.5 Å². The fourth-order valence-electron chi connectivity index (χ4n) is 3.08. The van der Waals surface area contributed by atoms with Crippen molar-refractivity contribution in [1.29, 1.82) is 5.26 Å². The predicted octanol–water partition coefficient (Wildman–Crippen LogP) is 1.04. The third-order valence-electron chi connectivity index (χ3n) is 4.58. The average molecular weight is 361 g/mol. The van der Waals surface area contributed by atoms with Crippen LogP contribution in [0.3, 0.4) is 0 Å². The molecule has 1 aliphatic carbocycles. The van der Waals surface area contributed by atoms with Crippen LogP contribution in [0.5, 0.6) is 0 Å². The van der Waals surface area contributed by atoms with Crippen LogP contribution in [0.2, 0.25) is 0 Å². The van der Waals surface area contributed by atoms with Crippen molar-refractivity contribution in [2.24, 2.45) is 21.0 Å². The molecule has 2 aromatic rings. The lowest BCUT2D eigenvalue weighted by molar-refractivity contribution is 0.307. The number of fused-ring (bicyclic) bond motifs is 1. The molecule has 2 heterocycles. The summed E-state index contributed by atoms with van der Waals surface area (Å²) in [6.07, 6.45) is 4.99. The van der Waals surface area contributed by atoms with Gasteiger partial charge in [0, 0.05) is 24.4 Å².